The molecule has 3 heterocycles. The van der Waals surface area contributed by atoms with Gasteiger partial charge in [0.05, 0.1) is 25.0 Å². The summed E-state index contributed by atoms with van der Waals surface area (Å²) >= 11 is 0. The number of hydrogen-bond acceptors (Lipinski definition) is 7. The molecule has 39 heavy (non-hydrogen) atoms. The van der Waals surface area contributed by atoms with Gasteiger partial charge in [0.1, 0.15) is 30.0 Å². The fraction of sp³-hybridized carbons (Fsp3) is 0.200. The summed E-state index contributed by atoms with van der Waals surface area (Å²) < 4.78 is 63.1. The Kier molecular flexibility index (Phi) is 6.56. The van der Waals surface area contributed by atoms with Crippen molar-refractivity contribution in [2.75, 3.05) is 0 Å². The molecule has 3 aromatic heterocycles. The van der Waals surface area contributed by atoms with Crippen LogP contribution in [0.15, 0.2) is 78.2 Å². The van der Waals surface area contributed by atoms with Crippen LogP contribution in [-0.2, 0) is 24.6 Å². The maximum Gasteiger partial charge on any atom is 0.350 e. The molecule has 0 aliphatic rings. The first-order valence-electron chi connectivity index (χ1n) is 11.5. The van der Waals surface area contributed by atoms with Gasteiger partial charge in [-0.2, -0.15) is 13.9 Å². The molecule has 5 rings (SSSR count). The van der Waals surface area contributed by atoms with Gasteiger partial charge in [-0.15, -0.1) is 5.10 Å². The van der Waals surface area contributed by atoms with Crippen LogP contribution in [0.2, 0.25) is 0 Å². The molecular weight excluding hydrogens is 520 g/mol. The molecule has 0 radical (unpaired) electrons. The number of rotatable bonds is 8. The zero-order valence-corrected chi connectivity index (χ0v) is 20.3. The van der Waals surface area contributed by atoms with Gasteiger partial charge in [0.2, 0.25) is 0 Å². The number of alkyl halides is 2. The van der Waals surface area contributed by atoms with E-state index in [2.05, 4.69) is 25.6 Å². The second-order valence-corrected chi connectivity index (χ2v) is 8.89. The lowest BCUT2D eigenvalue weighted by atomic mass is 9.84. The predicted molar refractivity (Wildman–Crippen MR) is 128 cm³/mol. The van der Waals surface area contributed by atoms with Gasteiger partial charge in [-0.05, 0) is 47.2 Å². The zero-order valence-electron chi connectivity index (χ0n) is 20.3. The van der Waals surface area contributed by atoms with Crippen molar-refractivity contribution in [2.45, 2.75) is 31.5 Å². The zero-order chi connectivity index (χ0) is 27.8. The monoisotopic (exact) mass is 540 g/mol. The van der Waals surface area contributed by atoms with Gasteiger partial charge >= 0.3 is 11.6 Å². The van der Waals surface area contributed by atoms with Crippen LogP contribution in [0.3, 0.4) is 0 Å². The highest BCUT2D eigenvalue weighted by atomic mass is 19.3. The summed E-state index contributed by atoms with van der Waals surface area (Å²) in [6.45, 7) is 1.15. The normalized spacial score (nSPS) is 13.4. The molecule has 14 heteroatoms. The van der Waals surface area contributed by atoms with E-state index in [0.29, 0.717) is 6.07 Å². The molecule has 0 aliphatic carbocycles. The molecule has 0 fully saturated rings. The Morgan fingerprint density at radius 1 is 1.00 bits per heavy atom. The van der Waals surface area contributed by atoms with Gasteiger partial charge < -0.3 is 5.11 Å². The Balaban J connectivity index is 1.48. The van der Waals surface area contributed by atoms with E-state index in [9.17, 15) is 18.7 Å². The SMILES string of the molecule is Cc1ccc(Cn2ncn(-c3ccc(C(F)(F)C(O)(Cn4cnnn4)c4ccc(F)cc4F)nc3)c2=O)cc1. The molecule has 5 aromatic rings. The largest absolute Gasteiger partial charge is 0.377 e. The fourth-order valence-corrected chi connectivity index (χ4v) is 4.08. The number of tetrazole rings is 1. The van der Waals surface area contributed by atoms with E-state index >= 15 is 8.78 Å². The summed E-state index contributed by atoms with van der Waals surface area (Å²) in [5, 5.41) is 25.5. The molecule has 0 saturated heterocycles. The van der Waals surface area contributed by atoms with Crippen molar-refractivity contribution in [3.05, 3.63) is 118 Å². The summed E-state index contributed by atoms with van der Waals surface area (Å²) in [6.07, 6.45) is 3.19. The van der Waals surface area contributed by atoms with Crippen LogP contribution in [0.25, 0.3) is 5.69 Å². The molecule has 0 bridgehead atoms. The van der Waals surface area contributed by atoms with Crippen molar-refractivity contribution in [1.82, 2.24) is 39.5 Å². The van der Waals surface area contributed by atoms with Crippen LogP contribution in [0, 0.1) is 18.6 Å². The Bertz CT molecular complexity index is 1650. The second-order valence-electron chi connectivity index (χ2n) is 8.89. The summed E-state index contributed by atoms with van der Waals surface area (Å²) in [7, 11) is 0. The number of pyridine rings is 1. The molecule has 0 saturated carbocycles. The molecule has 10 nitrogen and oxygen atoms in total. The number of aryl methyl sites for hydroxylation is 1. The van der Waals surface area contributed by atoms with E-state index in [-0.39, 0.29) is 12.2 Å². The molecule has 1 atom stereocenters. The molecule has 0 spiro atoms. The molecule has 1 N–H and O–H groups in total. The van der Waals surface area contributed by atoms with E-state index < -0.39 is 46.6 Å². The molecule has 1 unspecified atom stereocenters. The van der Waals surface area contributed by atoms with Gasteiger partial charge in [0.15, 0.2) is 5.60 Å². The summed E-state index contributed by atoms with van der Waals surface area (Å²) in [5.41, 5.74) is -3.59. The van der Waals surface area contributed by atoms with Crippen LogP contribution in [-0.4, -0.2) is 44.6 Å². The summed E-state index contributed by atoms with van der Waals surface area (Å²) in [6, 6.07) is 11.5. The first kappa shape index (κ1) is 25.9. The lowest BCUT2D eigenvalue weighted by Crippen LogP contribution is -2.48. The lowest BCUT2D eigenvalue weighted by molar-refractivity contribution is -0.207. The number of benzene rings is 2. The van der Waals surface area contributed by atoms with Crippen LogP contribution < -0.4 is 5.69 Å². The van der Waals surface area contributed by atoms with Crippen molar-refractivity contribution in [3.8, 4) is 5.69 Å². The Morgan fingerprint density at radius 3 is 2.41 bits per heavy atom. The minimum Gasteiger partial charge on any atom is -0.377 e. The molecule has 200 valence electrons. The number of aliphatic hydroxyl groups is 1. The predicted octanol–water partition coefficient (Wildman–Crippen LogP) is 2.73. The molecule has 0 aliphatic heterocycles. The number of hydrogen-bond donors (Lipinski definition) is 1. The van der Waals surface area contributed by atoms with Crippen LogP contribution in [0.5, 0.6) is 0 Å². The summed E-state index contributed by atoms with van der Waals surface area (Å²) in [4.78, 5) is 16.6. The first-order valence-corrected chi connectivity index (χ1v) is 11.5. The first-order chi connectivity index (χ1) is 18.6. The minimum absolute atomic E-state index is 0.131. The Labute approximate surface area is 217 Å². The average Bonchev–Trinajstić information content (AvgIpc) is 3.55. The van der Waals surface area contributed by atoms with Crippen molar-refractivity contribution in [1.29, 1.82) is 0 Å². The highest BCUT2D eigenvalue weighted by Crippen LogP contribution is 2.46. The van der Waals surface area contributed by atoms with Crippen molar-refractivity contribution in [3.63, 3.8) is 0 Å². The highest BCUT2D eigenvalue weighted by molar-refractivity contribution is 5.35. The van der Waals surface area contributed by atoms with Crippen molar-refractivity contribution in [2.24, 2.45) is 0 Å². The molecule has 0 amide bonds. The van der Waals surface area contributed by atoms with Crippen LogP contribution >= 0.6 is 0 Å². The van der Waals surface area contributed by atoms with E-state index in [1.807, 2.05) is 31.2 Å². The third kappa shape index (κ3) is 4.81. The Morgan fingerprint density at radius 2 is 1.77 bits per heavy atom. The van der Waals surface area contributed by atoms with Crippen molar-refractivity contribution < 1.29 is 22.7 Å². The Hall–Kier alpha value is -4.72. The van der Waals surface area contributed by atoms with E-state index in [1.54, 1.807) is 0 Å². The summed E-state index contributed by atoms with van der Waals surface area (Å²) in [5.74, 6) is -6.63. The van der Waals surface area contributed by atoms with Crippen LogP contribution in [0.1, 0.15) is 22.4 Å². The van der Waals surface area contributed by atoms with Gasteiger partial charge in [0.25, 0.3) is 0 Å². The van der Waals surface area contributed by atoms with Gasteiger partial charge in [-0.3, -0.25) is 4.98 Å². The lowest BCUT2D eigenvalue weighted by Gasteiger charge is -2.35. The number of aromatic nitrogens is 8. The standard InChI is InChI=1S/C25H20F4N8O2/c1-16-2-4-17(5-3-16)12-37-23(38)36(15-32-37)19-7-9-22(30-11-19)25(28,29)24(39,13-35-14-31-33-34-35)20-8-6-18(26)10-21(20)27/h2-11,14-15,39H,12-13H2,1H3. The number of halogens is 4. The van der Waals surface area contributed by atoms with E-state index in [1.165, 1.54) is 17.1 Å². The quantitative estimate of drug-likeness (QED) is 0.301. The smallest absolute Gasteiger partial charge is 0.350 e. The average molecular weight is 540 g/mol. The maximum absolute atomic E-state index is 15.9. The van der Waals surface area contributed by atoms with Gasteiger partial charge in [-0.1, -0.05) is 29.8 Å². The van der Waals surface area contributed by atoms with E-state index in [4.69, 9.17) is 0 Å². The van der Waals surface area contributed by atoms with Crippen molar-refractivity contribution >= 4 is 0 Å². The fourth-order valence-electron chi connectivity index (χ4n) is 4.08. The second kappa shape index (κ2) is 9.87. The van der Waals surface area contributed by atoms with Crippen LogP contribution in [0.4, 0.5) is 17.6 Å². The molecule has 2 aromatic carbocycles. The minimum atomic E-state index is -4.23. The third-order valence-corrected chi connectivity index (χ3v) is 6.21. The molecular formula is C25H20F4N8O2. The third-order valence-electron chi connectivity index (χ3n) is 6.21. The number of nitrogens with zero attached hydrogens (tertiary/aromatic N) is 8. The van der Waals surface area contributed by atoms with Gasteiger partial charge in [0, 0.05) is 11.6 Å². The van der Waals surface area contributed by atoms with Gasteiger partial charge in [-0.25, -0.2) is 27.5 Å². The highest BCUT2D eigenvalue weighted by Gasteiger charge is 2.58. The topological polar surface area (TPSA) is 117 Å². The van der Waals surface area contributed by atoms with E-state index in [0.717, 1.165) is 51.1 Å². The maximum atomic E-state index is 15.9.